The molecule has 0 fully saturated rings. The van der Waals surface area contributed by atoms with Crippen molar-refractivity contribution in [1.29, 1.82) is 0 Å². The quantitative estimate of drug-likeness (QED) is 0.857. The van der Waals surface area contributed by atoms with Crippen LogP contribution in [0.5, 0.6) is 0 Å². The molecule has 5 nitrogen and oxygen atoms in total. The fourth-order valence-corrected chi connectivity index (χ4v) is 1.99. The van der Waals surface area contributed by atoms with Crippen LogP contribution in [-0.2, 0) is 17.8 Å². The van der Waals surface area contributed by atoms with Crippen molar-refractivity contribution in [2.75, 3.05) is 5.32 Å². The standard InChI is InChI=1S/C16H21N3O2/c1-11(2)18-16(20)9-13-4-6-14(7-5-13)17-10-15-8-12(3)21-19-15/h4-8,11,17H,9-10H2,1-3H3,(H,18,20). The molecule has 0 bridgehead atoms. The highest BCUT2D eigenvalue weighted by Gasteiger charge is 2.05. The van der Waals surface area contributed by atoms with E-state index >= 15 is 0 Å². The van der Waals surface area contributed by atoms with E-state index in [2.05, 4.69) is 15.8 Å². The molecule has 21 heavy (non-hydrogen) atoms. The molecule has 0 aliphatic rings. The topological polar surface area (TPSA) is 67.2 Å². The van der Waals surface area contributed by atoms with Crippen molar-refractivity contribution in [3.8, 4) is 0 Å². The second-order valence-corrected chi connectivity index (χ2v) is 5.38. The van der Waals surface area contributed by atoms with E-state index in [9.17, 15) is 4.79 Å². The Bertz CT molecular complexity index is 588. The number of rotatable bonds is 6. The second kappa shape index (κ2) is 6.92. The van der Waals surface area contributed by atoms with E-state index in [0.717, 1.165) is 22.7 Å². The van der Waals surface area contributed by atoms with Crippen LogP contribution >= 0.6 is 0 Å². The normalized spacial score (nSPS) is 10.7. The molecule has 2 aromatic rings. The molecule has 0 unspecified atom stereocenters. The van der Waals surface area contributed by atoms with Gasteiger partial charge in [-0.1, -0.05) is 17.3 Å². The summed E-state index contributed by atoms with van der Waals surface area (Å²) in [5.41, 5.74) is 2.85. The minimum Gasteiger partial charge on any atom is -0.379 e. The molecular formula is C16H21N3O2. The third-order valence-electron chi connectivity index (χ3n) is 2.92. The van der Waals surface area contributed by atoms with E-state index < -0.39 is 0 Å². The maximum absolute atomic E-state index is 11.7. The summed E-state index contributed by atoms with van der Waals surface area (Å²) >= 11 is 0. The molecule has 1 aromatic carbocycles. The summed E-state index contributed by atoms with van der Waals surface area (Å²) in [5, 5.41) is 10.1. The van der Waals surface area contributed by atoms with Crippen LogP contribution in [0.25, 0.3) is 0 Å². The summed E-state index contributed by atoms with van der Waals surface area (Å²) in [6.45, 7) is 6.39. The summed E-state index contributed by atoms with van der Waals surface area (Å²) < 4.78 is 5.01. The Kier molecular flexibility index (Phi) is 4.98. The highest BCUT2D eigenvalue weighted by atomic mass is 16.5. The van der Waals surface area contributed by atoms with Gasteiger partial charge in [-0.25, -0.2) is 0 Å². The van der Waals surface area contributed by atoms with Gasteiger partial charge in [-0.3, -0.25) is 4.79 Å². The number of hydrogen-bond donors (Lipinski definition) is 2. The lowest BCUT2D eigenvalue weighted by molar-refractivity contribution is -0.120. The van der Waals surface area contributed by atoms with E-state index in [0.29, 0.717) is 13.0 Å². The van der Waals surface area contributed by atoms with Gasteiger partial charge in [0.2, 0.25) is 5.91 Å². The van der Waals surface area contributed by atoms with E-state index in [1.165, 1.54) is 0 Å². The maximum Gasteiger partial charge on any atom is 0.224 e. The molecule has 0 saturated carbocycles. The Balaban J connectivity index is 1.85. The molecule has 0 aliphatic carbocycles. The highest BCUT2D eigenvalue weighted by Crippen LogP contribution is 2.12. The van der Waals surface area contributed by atoms with Crippen molar-refractivity contribution in [1.82, 2.24) is 10.5 Å². The minimum absolute atomic E-state index is 0.0452. The summed E-state index contributed by atoms with van der Waals surface area (Å²) in [5.74, 6) is 0.849. The highest BCUT2D eigenvalue weighted by molar-refractivity contribution is 5.78. The van der Waals surface area contributed by atoms with Crippen molar-refractivity contribution in [2.24, 2.45) is 0 Å². The summed E-state index contributed by atoms with van der Waals surface area (Å²) in [6.07, 6.45) is 0.404. The molecule has 1 amide bonds. The fraction of sp³-hybridized carbons (Fsp3) is 0.375. The fourth-order valence-electron chi connectivity index (χ4n) is 1.99. The number of aryl methyl sites for hydroxylation is 1. The first-order chi connectivity index (χ1) is 10.0. The Morgan fingerprint density at radius 3 is 2.57 bits per heavy atom. The maximum atomic E-state index is 11.7. The van der Waals surface area contributed by atoms with Crippen LogP contribution in [0.15, 0.2) is 34.9 Å². The largest absolute Gasteiger partial charge is 0.379 e. The minimum atomic E-state index is 0.0452. The second-order valence-electron chi connectivity index (χ2n) is 5.38. The number of aromatic nitrogens is 1. The number of nitrogens with zero attached hydrogens (tertiary/aromatic N) is 1. The first kappa shape index (κ1) is 15.1. The van der Waals surface area contributed by atoms with Crippen molar-refractivity contribution in [3.63, 3.8) is 0 Å². The van der Waals surface area contributed by atoms with Crippen LogP contribution in [0.1, 0.15) is 30.9 Å². The Morgan fingerprint density at radius 2 is 2.00 bits per heavy atom. The zero-order valence-electron chi connectivity index (χ0n) is 12.6. The Labute approximate surface area is 124 Å². The van der Waals surface area contributed by atoms with Gasteiger partial charge in [-0.05, 0) is 38.5 Å². The van der Waals surface area contributed by atoms with Gasteiger partial charge in [0.15, 0.2) is 0 Å². The van der Waals surface area contributed by atoms with Crippen LogP contribution < -0.4 is 10.6 Å². The lowest BCUT2D eigenvalue weighted by atomic mass is 10.1. The van der Waals surface area contributed by atoms with E-state index in [1.807, 2.05) is 51.1 Å². The van der Waals surface area contributed by atoms with Crippen molar-refractivity contribution in [2.45, 2.75) is 39.8 Å². The van der Waals surface area contributed by atoms with Crippen LogP contribution in [0.3, 0.4) is 0 Å². The summed E-state index contributed by atoms with van der Waals surface area (Å²) in [6, 6.07) is 9.91. The molecule has 5 heteroatoms. The first-order valence-corrected chi connectivity index (χ1v) is 7.07. The molecule has 1 heterocycles. The van der Waals surface area contributed by atoms with E-state index in [4.69, 9.17) is 4.52 Å². The number of anilines is 1. The van der Waals surface area contributed by atoms with E-state index in [1.54, 1.807) is 0 Å². The van der Waals surface area contributed by atoms with Crippen LogP contribution in [0.4, 0.5) is 5.69 Å². The van der Waals surface area contributed by atoms with Gasteiger partial charge in [0.05, 0.1) is 13.0 Å². The van der Waals surface area contributed by atoms with Crippen LogP contribution in [0, 0.1) is 6.92 Å². The monoisotopic (exact) mass is 287 g/mol. The third kappa shape index (κ3) is 4.95. The zero-order chi connectivity index (χ0) is 15.2. The van der Waals surface area contributed by atoms with Gasteiger partial charge >= 0.3 is 0 Å². The Hall–Kier alpha value is -2.30. The molecule has 1 aromatic heterocycles. The molecule has 112 valence electrons. The van der Waals surface area contributed by atoms with Gasteiger partial charge in [0.25, 0.3) is 0 Å². The van der Waals surface area contributed by atoms with Gasteiger partial charge in [-0.15, -0.1) is 0 Å². The zero-order valence-corrected chi connectivity index (χ0v) is 12.6. The number of amides is 1. The molecule has 0 radical (unpaired) electrons. The van der Waals surface area contributed by atoms with Gasteiger partial charge < -0.3 is 15.2 Å². The number of carbonyl (C=O) groups excluding carboxylic acids is 1. The molecule has 0 aliphatic heterocycles. The van der Waals surface area contributed by atoms with Crippen molar-refractivity contribution in [3.05, 3.63) is 47.3 Å². The number of carbonyl (C=O) groups is 1. The number of nitrogens with one attached hydrogen (secondary N) is 2. The van der Waals surface area contributed by atoms with Crippen molar-refractivity contribution >= 4 is 11.6 Å². The molecular weight excluding hydrogens is 266 g/mol. The molecule has 0 saturated heterocycles. The summed E-state index contributed by atoms with van der Waals surface area (Å²) in [4.78, 5) is 11.7. The van der Waals surface area contributed by atoms with Gasteiger partial charge in [0.1, 0.15) is 11.5 Å². The average Bonchev–Trinajstić information content (AvgIpc) is 2.83. The van der Waals surface area contributed by atoms with Gasteiger partial charge in [-0.2, -0.15) is 0 Å². The van der Waals surface area contributed by atoms with Crippen molar-refractivity contribution < 1.29 is 9.32 Å². The number of hydrogen-bond acceptors (Lipinski definition) is 4. The van der Waals surface area contributed by atoms with Gasteiger partial charge in [0, 0.05) is 17.8 Å². The predicted molar refractivity (Wildman–Crippen MR) is 82.0 cm³/mol. The Morgan fingerprint density at radius 1 is 1.29 bits per heavy atom. The lowest BCUT2D eigenvalue weighted by Gasteiger charge is -2.09. The van der Waals surface area contributed by atoms with E-state index in [-0.39, 0.29) is 11.9 Å². The lowest BCUT2D eigenvalue weighted by Crippen LogP contribution is -2.31. The molecule has 0 spiro atoms. The first-order valence-electron chi connectivity index (χ1n) is 7.07. The predicted octanol–water partition coefficient (Wildman–Crippen LogP) is 2.66. The summed E-state index contributed by atoms with van der Waals surface area (Å²) in [7, 11) is 0. The van der Waals surface area contributed by atoms with Crippen LogP contribution in [-0.4, -0.2) is 17.1 Å². The molecule has 2 rings (SSSR count). The number of benzene rings is 1. The third-order valence-corrected chi connectivity index (χ3v) is 2.92. The SMILES string of the molecule is Cc1cc(CNc2ccc(CC(=O)NC(C)C)cc2)no1. The van der Waals surface area contributed by atoms with Crippen LogP contribution in [0.2, 0.25) is 0 Å². The smallest absolute Gasteiger partial charge is 0.224 e. The molecule has 0 atom stereocenters. The molecule has 2 N–H and O–H groups in total. The average molecular weight is 287 g/mol.